The van der Waals surface area contributed by atoms with Gasteiger partial charge in [-0.15, -0.1) is 22.4 Å². The summed E-state index contributed by atoms with van der Waals surface area (Å²) in [6, 6.07) is 4.30. The molecule has 1 aromatic heterocycles. The van der Waals surface area contributed by atoms with Gasteiger partial charge in [0, 0.05) is 11.1 Å². The second-order valence-electron chi connectivity index (χ2n) is 11.0. The Morgan fingerprint density at radius 2 is 1.18 bits per heavy atom. The second kappa shape index (κ2) is 13.4. The summed E-state index contributed by atoms with van der Waals surface area (Å²) in [4.78, 5) is 2.25. The zero-order valence-electron chi connectivity index (χ0n) is 23.1. The molecule has 0 saturated heterocycles. The molecule has 1 rings (SSSR count). The van der Waals surface area contributed by atoms with Crippen molar-refractivity contribution in [3.8, 4) is 34.8 Å². The Labute approximate surface area is 212 Å². The van der Waals surface area contributed by atoms with E-state index in [0.29, 0.717) is 16.6 Å². The van der Waals surface area contributed by atoms with Crippen molar-refractivity contribution in [1.29, 1.82) is 0 Å². The lowest BCUT2D eigenvalue weighted by Crippen LogP contribution is -2.43. The van der Waals surface area contributed by atoms with Crippen molar-refractivity contribution in [2.75, 3.05) is 0 Å². The van der Waals surface area contributed by atoms with Crippen molar-refractivity contribution in [2.24, 2.45) is 0 Å². The van der Waals surface area contributed by atoms with E-state index >= 15 is 0 Å². The molecule has 0 saturated carbocycles. The highest BCUT2D eigenvalue weighted by Crippen LogP contribution is 2.40. The van der Waals surface area contributed by atoms with Crippen LogP contribution in [0.5, 0.6) is 0 Å². The van der Waals surface area contributed by atoms with Crippen molar-refractivity contribution in [1.82, 2.24) is 0 Å². The minimum atomic E-state index is -1.71. The first-order valence-electron chi connectivity index (χ1n) is 12.8. The lowest BCUT2D eigenvalue weighted by atomic mass is 10.0. The van der Waals surface area contributed by atoms with Crippen LogP contribution in [-0.2, 0) is 0 Å². The normalized spacial score (nSPS) is 12.5. The van der Waals surface area contributed by atoms with Crippen molar-refractivity contribution < 1.29 is 0 Å². The van der Waals surface area contributed by atoms with E-state index < -0.39 is 16.1 Å². The Balaban J connectivity index is 3.35. The summed E-state index contributed by atoms with van der Waals surface area (Å²) in [5, 5.41) is 0. The first-order valence-corrected chi connectivity index (χ1v) is 19.3. The molecule has 0 atom stereocenters. The number of rotatable bonds is 7. The SMILES string of the molecule is CCCC(C#Cc1ccc(C#C[Si](C(C)C)(C(C)C)C(C)C)s1)=C(C#C[Si](C)(C)C)CCC. The van der Waals surface area contributed by atoms with Crippen LogP contribution in [0.4, 0.5) is 0 Å². The standard InChI is InChI=1S/C30H46SSi2/c1-12-14-27(28(15-13-2)20-22-32(9,10)11)16-17-29-18-19-30(31-29)21-23-33(24(3)4,25(5)6)26(7)8/h18-19,24-26H,12-15H2,1-11H3. The molecule has 0 aliphatic heterocycles. The third-order valence-electron chi connectivity index (χ3n) is 6.16. The maximum Gasteiger partial charge on any atom is 0.146 e. The maximum atomic E-state index is 3.84. The van der Waals surface area contributed by atoms with Crippen LogP contribution in [0.15, 0.2) is 23.3 Å². The van der Waals surface area contributed by atoms with E-state index in [1.54, 1.807) is 11.3 Å². The summed E-state index contributed by atoms with van der Waals surface area (Å²) in [6.45, 7) is 25.6. The summed E-state index contributed by atoms with van der Waals surface area (Å²) in [5.41, 5.74) is 11.8. The Morgan fingerprint density at radius 3 is 1.61 bits per heavy atom. The minimum absolute atomic E-state index is 0.653. The first-order chi connectivity index (χ1) is 15.4. The molecule has 3 heteroatoms. The average Bonchev–Trinajstić information content (AvgIpc) is 3.15. The van der Waals surface area contributed by atoms with Crippen LogP contribution in [0.3, 0.4) is 0 Å². The smallest absolute Gasteiger partial charge is 0.127 e. The van der Waals surface area contributed by atoms with Gasteiger partial charge in [-0.3, -0.25) is 0 Å². The lowest BCUT2D eigenvalue weighted by molar-refractivity contribution is 0.838. The molecule has 0 amide bonds. The molecule has 0 nitrogen and oxygen atoms in total. The van der Waals surface area contributed by atoms with Crippen molar-refractivity contribution in [3.05, 3.63) is 33.0 Å². The Kier molecular flexibility index (Phi) is 12.1. The molecule has 0 N–H and O–H groups in total. The summed E-state index contributed by atoms with van der Waals surface area (Å²) in [6.07, 6.45) is 4.23. The van der Waals surface area contributed by atoms with Gasteiger partial charge in [0.15, 0.2) is 0 Å². The van der Waals surface area contributed by atoms with Gasteiger partial charge < -0.3 is 0 Å². The quantitative estimate of drug-likeness (QED) is 0.261. The van der Waals surface area contributed by atoms with Crippen LogP contribution < -0.4 is 0 Å². The summed E-state index contributed by atoms with van der Waals surface area (Å²) < 4.78 is 0. The number of hydrogen-bond donors (Lipinski definition) is 0. The fraction of sp³-hybridized carbons (Fsp3) is 0.600. The fourth-order valence-corrected chi connectivity index (χ4v) is 11.1. The van der Waals surface area contributed by atoms with E-state index in [2.05, 4.69) is 122 Å². The molecule has 0 aliphatic rings. The predicted octanol–water partition coefficient (Wildman–Crippen LogP) is 9.45. The third-order valence-corrected chi connectivity index (χ3v) is 14.2. The van der Waals surface area contributed by atoms with Gasteiger partial charge in [-0.25, -0.2) is 0 Å². The molecular weight excluding hydrogens is 449 g/mol. The molecule has 1 heterocycles. The molecule has 0 bridgehead atoms. The number of hydrogen-bond acceptors (Lipinski definition) is 1. The molecule has 33 heavy (non-hydrogen) atoms. The van der Waals surface area contributed by atoms with Crippen LogP contribution in [0.2, 0.25) is 36.3 Å². The molecule has 0 spiro atoms. The Bertz CT molecular complexity index is 958. The van der Waals surface area contributed by atoms with E-state index in [1.807, 2.05) is 0 Å². The molecule has 0 radical (unpaired) electrons. The van der Waals surface area contributed by atoms with E-state index in [1.165, 1.54) is 11.1 Å². The third kappa shape index (κ3) is 9.02. The van der Waals surface area contributed by atoms with Gasteiger partial charge in [0.1, 0.15) is 16.1 Å². The largest absolute Gasteiger partial charge is 0.146 e. The summed E-state index contributed by atoms with van der Waals surface area (Å²) in [5.74, 6) is 14.1. The average molecular weight is 495 g/mol. The van der Waals surface area contributed by atoms with Gasteiger partial charge in [0.2, 0.25) is 0 Å². The molecule has 180 valence electrons. The Morgan fingerprint density at radius 1 is 0.727 bits per heavy atom. The maximum absolute atomic E-state index is 3.84. The van der Waals surface area contributed by atoms with Crippen LogP contribution in [0.1, 0.15) is 90.8 Å². The summed E-state index contributed by atoms with van der Waals surface area (Å²) >= 11 is 1.73. The van der Waals surface area contributed by atoms with E-state index in [9.17, 15) is 0 Å². The first kappa shape index (κ1) is 29.6. The summed E-state index contributed by atoms with van der Waals surface area (Å²) in [7, 11) is -3.11. The predicted molar refractivity (Wildman–Crippen MR) is 157 cm³/mol. The molecule has 0 aromatic carbocycles. The Hall–Kier alpha value is -1.45. The van der Waals surface area contributed by atoms with Gasteiger partial charge in [-0.05, 0) is 41.6 Å². The highest BCUT2D eigenvalue weighted by Gasteiger charge is 2.41. The minimum Gasteiger partial charge on any atom is -0.127 e. The highest BCUT2D eigenvalue weighted by molar-refractivity contribution is 7.13. The van der Waals surface area contributed by atoms with Gasteiger partial charge in [-0.1, -0.05) is 112 Å². The van der Waals surface area contributed by atoms with Crippen molar-refractivity contribution >= 4 is 27.5 Å². The van der Waals surface area contributed by atoms with Crippen LogP contribution in [0, 0.1) is 34.8 Å². The fourth-order valence-electron chi connectivity index (χ4n) is 4.55. The van der Waals surface area contributed by atoms with Gasteiger partial charge >= 0.3 is 0 Å². The van der Waals surface area contributed by atoms with E-state index in [0.717, 1.165) is 35.4 Å². The number of allylic oxidation sites excluding steroid dienone is 2. The molecule has 0 unspecified atom stereocenters. The van der Waals surface area contributed by atoms with E-state index in [4.69, 9.17) is 0 Å². The second-order valence-corrected chi connectivity index (χ2v) is 22.4. The van der Waals surface area contributed by atoms with Crippen LogP contribution in [-0.4, -0.2) is 16.1 Å². The lowest BCUT2D eigenvalue weighted by Gasteiger charge is -2.38. The topological polar surface area (TPSA) is 0 Å². The molecule has 1 aromatic rings. The van der Waals surface area contributed by atoms with Crippen molar-refractivity contribution in [2.45, 2.75) is 117 Å². The van der Waals surface area contributed by atoms with Crippen LogP contribution >= 0.6 is 11.3 Å². The highest BCUT2D eigenvalue weighted by atomic mass is 32.1. The molecular formula is C30H46SSi2. The molecule has 0 aliphatic carbocycles. The zero-order chi connectivity index (χ0) is 25.2. The monoisotopic (exact) mass is 494 g/mol. The van der Waals surface area contributed by atoms with Gasteiger partial charge in [-0.2, -0.15) is 0 Å². The van der Waals surface area contributed by atoms with Crippen LogP contribution in [0.25, 0.3) is 0 Å². The number of thiophene rings is 1. The molecule has 0 fully saturated rings. The zero-order valence-corrected chi connectivity index (χ0v) is 25.9. The van der Waals surface area contributed by atoms with E-state index in [-0.39, 0.29) is 0 Å². The van der Waals surface area contributed by atoms with Crippen molar-refractivity contribution in [3.63, 3.8) is 0 Å². The van der Waals surface area contributed by atoms with Gasteiger partial charge in [0.25, 0.3) is 0 Å². The van der Waals surface area contributed by atoms with Gasteiger partial charge in [0.05, 0.1) is 9.75 Å².